The highest BCUT2D eigenvalue weighted by molar-refractivity contribution is 7.15. The molecule has 1 aliphatic rings. The van der Waals surface area contributed by atoms with Crippen LogP contribution in [0.25, 0.3) is 0 Å². The van der Waals surface area contributed by atoms with Gasteiger partial charge in [-0.2, -0.15) is 0 Å². The Morgan fingerprint density at radius 2 is 1.53 bits per heavy atom. The molecule has 0 atom stereocenters. The molecule has 4 rings (SSSR count). The summed E-state index contributed by atoms with van der Waals surface area (Å²) >= 11 is 1.05. The predicted octanol–water partition coefficient (Wildman–Crippen LogP) is 1.70. The molecular weight excluding hydrogens is 406 g/mol. The van der Waals surface area contributed by atoms with Gasteiger partial charge in [-0.25, -0.2) is 0 Å². The van der Waals surface area contributed by atoms with E-state index in [1.165, 1.54) is 0 Å². The zero-order chi connectivity index (χ0) is 21.1. The lowest BCUT2D eigenvalue weighted by atomic mass is 10.1. The highest BCUT2D eigenvalue weighted by Crippen LogP contribution is 2.25. The monoisotopic (exact) mass is 421 g/mol. The molecule has 9 nitrogen and oxygen atoms in total. The second-order valence-electron chi connectivity index (χ2n) is 6.34. The Morgan fingerprint density at radius 1 is 0.900 bits per heavy atom. The van der Waals surface area contributed by atoms with Crippen molar-refractivity contribution in [2.75, 3.05) is 11.9 Å². The fraction of sp³-hybridized carbons (Fsp3) is 0.100. The third-order valence-corrected chi connectivity index (χ3v) is 5.15. The Morgan fingerprint density at radius 3 is 2.20 bits per heavy atom. The molecule has 1 aliphatic heterocycles. The van der Waals surface area contributed by atoms with Gasteiger partial charge in [0.15, 0.2) is 0 Å². The van der Waals surface area contributed by atoms with Crippen LogP contribution in [0, 0.1) is 0 Å². The van der Waals surface area contributed by atoms with E-state index in [9.17, 15) is 19.2 Å². The average Bonchev–Trinajstić information content (AvgIpc) is 3.31. The smallest absolute Gasteiger partial charge is 0.261 e. The van der Waals surface area contributed by atoms with Gasteiger partial charge in [-0.05, 0) is 24.3 Å². The molecule has 0 fully saturated rings. The number of fused-ring (bicyclic) bond motifs is 1. The highest BCUT2D eigenvalue weighted by atomic mass is 32.1. The SMILES string of the molecule is O=C(CNC(=O)c1ccccc1)Nc1nnc(CN2C(=O)c3ccccc3C2=O)s1. The Kier molecular flexibility index (Phi) is 5.31. The van der Waals surface area contributed by atoms with E-state index in [0.29, 0.717) is 21.7 Å². The molecule has 2 aromatic carbocycles. The molecule has 2 N–H and O–H groups in total. The van der Waals surface area contributed by atoms with Gasteiger partial charge >= 0.3 is 0 Å². The molecule has 0 radical (unpaired) electrons. The van der Waals surface area contributed by atoms with Gasteiger partial charge < -0.3 is 5.32 Å². The molecule has 2 heterocycles. The van der Waals surface area contributed by atoms with Crippen LogP contribution in [0.15, 0.2) is 54.6 Å². The van der Waals surface area contributed by atoms with Crippen molar-refractivity contribution in [2.45, 2.75) is 6.54 Å². The summed E-state index contributed by atoms with van der Waals surface area (Å²) in [6, 6.07) is 15.1. The first kappa shape index (κ1) is 19.4. The summed E-state index contributed by atoms with van der Waals surface area (Å²) < 4.78 is 0. The lowest BCUT2D eigenvalue weighted by Gasteiger charge is -2.10. The first-order valence-corrected chi connectivity index (χ1v) is 9.75. The fourth-order valence-corrected chi connectivity index (χ4v) is 3.65. The number of amides is 4. The number of hydrogen-bond acceptors (Lipinski definition) is 7. The second kappa shape index (κ2) is 8.21. The molecule has 0 aliphatic carbocycles. The standard InChI is InChI=1S/C20H15N5O4S/c26-15(10-21-17(27)12-6-2-1-3-7-12)22-20-24-23-16(30-20)11-25-18(28)13-8-4-5-9-14(13)19(25)29/h1-9H,10-11H2,(H,21,27)(H,22,24,26). The van der Waals surface area contributed by atoms with Crippen molar-refractivity contribution < 1.29 is 19.2 Å². The maximum Gasteiger partial charge on any atom is 0.261 e. The van der Waals surface area contributed by atoms with Crippen LogP contribution in [0.4, 0.5) is 5.13 Å². The minimum absolute atomic E-state index is 0.0371. The Balaban J connectivity index is 1.32. The van der Waals surface area contributed by atoms with E-state index >= 15 is 0 Å². The Labute approximate surface area is 174 Å². The van der Waals surface area contributed by atoms with Crippen LogP contribution >= 0.6 is 11.3 Å². The predicted molar refractivity (Wildman–Crippen MR) is 108 cm³/mol. The largest absolute Gasteiger partial charge is 0.343 e. The highest BCUT2D eigenvalue weighted by Gasteiger charge is 2.35. The van der Waals surface area contributed by atoms with Gasteiger partial charge in [-0.3, -0.25) is 29.4 Å². The van der Waals surface area contributed by atoms with Gasteiger partial charge in [-0.15, -0.1) is 10.2 Å². The first-order valence-electron chi connectivity index (χ1n) is 8.93. The fourth-order valence-electron chi connectivity index (χ4n) is 2.90. The van der Waals surface area contributed by atoms with Gasteiger partial charge in [0.05, 0.1) is 24.2 Å². The molecule has 10 heteroatoms. The molecule has 0 saturated heterocycles. The molecule has 0 unspecified atom stereocenters. The van der Waals surface area contributed by atoms with Crippen molar-refractivity contribution in [2.24, 2.45) is 0 Å². The van der Waals surface area contributed by atoms with Crippen molar-refractivity contribution in [3.05, 3.63) is 76.3 Å². The number of benzene rings is 2. The maximum atomic E-state index is 12.4. The quantitative estimate of drug-likeness (QED) is 0.585. The summed E-state index contributed by atoms with van der Waals surface area (Å²) in [7, 11) is 0. The summed E-state index contributed by atoms with van der Waals surface area (Å²) in [4.78, 5) is 49.9. The number of rotatable bonds is 6. The lowest BCUT2D eigenvalue weighted by molar-refractivity contribution is -0.115. The Bertz CT molecular complexity index is 1110. The van der Waals surface area contributed by atoms with Gasteiger partial charge in [-0.1, -0.05) is 41.7 Å². The molecular formula is C20H15N5O4S. The minimum Gasteiger partial charge on any atom is -0.343 e. The van der Waals surface area contributed by atoms with Gasteiger partial charge in [0.1, 0.15) is 5.01 Å². The number of nitrogens with zero attached hydrogens (tertiary/aromatic N) is 3. The van der Waals surface area contributed by atoms with E-state index in [2.05, 4.69) is 20.8 Å². The van der Waals surface area contributed by atoms with E-state index in [1.54, 1.807) is 54.6 Å². The van der Waals surface area contributed by atoms with E-state index in [4.69, 9.17) is 0 Å². The summed E-state index contributed by atoms with van der Waals surface area (Å²) in [5.41, 5.74) is 1.16. The number of nitrogens with one attached hydrogen (secondary N) is 2. The molecule has 3 aromatic rings. The van der Waals surface area contributed by atoms with E-state index in [0.717, 1.165) is 16.2 Å². The molecule has 0 spiro atoms. The lowest BCUT2D eigenvalue weighted by Crippen LogP contribution is -2.32. The molecule has 30 heavy (non-hydrogen) atoms. The van der Waals surface area contributed by atoms with Crippen LogP contribution in [0.1, 0.15) is 36.1 Å². The summed E-state index contributed by atoms with van der Waals surface area (Å²) in [5, 5.41) is 13.4. The zero-order valence-electron chi connectivity index (χ0n) is 15.5. The zero-order valence-corrected chi connectivity index (χ0v) is 16.3. The normalized spacial score (nSPS) is 12.6. The number of anilines is 1. The van der Waals surface area contributed by atoms with Crippen molar-refractivity contribution in [1.29, 1.82) is 0 Å². The van der Waals surface area contributed by atoms with Gasteiger partial charge in [0.2, 0.25) is 11.0 Å². The average molecular weight is 421 g/mol. The van der Waals surface area contributed by atoms with E-state index in [1.807, 2.05) is 0 Å². The van der Waals surface area contributed by atoms with Crippen LogP contribution in [-0.2, 0) is 11.3 Å². The van der Waals surface area contributed by atoms with Crippen LogP contribution < -0.4 is 10.6 Å². The molecule has 150 valence electrons. The third-order valence-electron chi connectivity index (χ3n) is 4.33. The van der Waals surface area contributed by atoms with Crippen molar-refractivity contribution in [1.82, 2.24) is 20.4 Å². The number of aromatic nitrogens is 2. The summed E-state index contributed by atoms with van der Waals surface area (Å²) in [5.74, 6) is -1.61. The molecule has 4 amide bonds. The number of carbonyl (C=O) groups excluding carboxylic acids is 4. The van der Waals surface area contributed by atoms with Gasteiger partial charge in [0.25, 0.3) is 17.7 Å². The molecule has 1 aromatic heterocycles. The Hall–Kier alpha value is -3.92. The second-order valence-corrected chi connectivity index (χ2v) is 7.40. The van der Waals surface area contributed by atoms with Crippen LogP contribution in [-0.4, -0.2) is 45.3 Å². The van der Waals surface area contributed by atoms with Crippen LogP contribution in [0.2, 0.25) is 0 Å². The van der Waals surface area contributed by atoms with Crippen molar-refractivity contribution in [3.63, 3.8) is 0 Å². The van der Waals surface area contributed by atoms with E-state index in [-0.39, 0.29) is 35.9 Å². The topological polar surface area (TPSA) is 121 Å². The minimum atomic E-state index is -0.470. The first-order chi connectivity index (χ1) is 14.5. The van der Waals surface area contributed by atoms with Crippen molar-refractivity contribution >= 4 is 40.1 Å². The molecule has 0 saturated carbocycles. The van der Waals surface area contributed by atoms with Crippen LogP contribution in [0.5, 0.6) is 0 Å². The van der Waals surface area contributed by atoms with Gasteiger partial charge in [0, 0.05) is 5.56 Å². The molecule has 0 bridgehead atoms. The number of carbonyl (C=O) groups is 4. The summed E-state index contributed by atoms with van der Waals surface area (Å²) in [6.45, 7) is -0.272. The van der Waals surface area contributed by atoms with Crippen LogP contribution in [0.3, 0.4) is 0 Å². The number of imide groups is 1. The van der Waals surface area contributed by atoms with Crippen molar-refractivity contribution in [3.8, 4) is 0 Å². The summed E-state index contributed by atoms with van der Waals surface area (Å²) in [6.07, 6.45) is 0. The third kappa shape index (κ3) is 3.94. The maximum absolute atomic E-state index is 12.4. The van der Waals surface area contributed by atoms with E-state index < -0.39 is 5.91 Å². The number of hydrogen-bond donors (Lipinski definition) is 2.